The molecular weight excluding hydrogens is 270 g/mol. The van der Waals surface area contributed by atoms with E-state index in [4.69, 9.17) is 0 Å². The molecule has 0 aliphatic heterocycles. The molecule has 0 aliphatic carbocycles. The Hall–Kier alpha value is -1.63. The first-order valence-electron chi connectivity index (χ1n) is 5.70. The molecule has 1 aromatic carbocycles. The molecule has 1 N–H and O–H groups in total. The molecule has 2 aromatic rings. The van der Waals surface area contributed by atoms with Crippen molar-refractivity contribution in [3.05, 3.63) is 35.9 Å². The van der Waals surface area contributed by atoms with Crippen LogP contribution in [-0.4, -0.2) is 20.5 Å². The van der Waals surface area contributed by atoms with Crippen LogP contribution < -0.4 is 5.32 Å². The maximum atomic E-state index is 12.4. The zero-order chi connectivity index (χ0) is 13.8. The lowest BCUT2D eigenvalue weighted by molar-refractivity contribution is 0.252. The van der Waals surface area contributed by atoms with Crippen LogP contribution in [0.25, 0.3) is 0 Å². The number of thioether (sulfide) groups is 1. The van der Waals surface area contributed by atoms with E-state index in [2.05, 4.69) is 15.5 Å². The number of benzene rings is 1. The van der Waals surface area contributed by atoms with Gasteiger partial charge in [-0.15, -0.1) is 10.2 Å². The Morgan fingerprint density at radius 3 is 2.68 bits per heavy atom. The first kappa shape index (κ1) is 13.8. The first-order chi connectivity index (χ1) is 9.08. The van der Waals surface area contributed by atoms with Gasteiger partial charge in [0.05, 0.1) is 6.54 Å². The van der Waals surface area contributed by atoms with Gasteiger partial charge >= 0.3 is 0 Å². The fourth-order valence-electron chi connectivity index (χ4n) is 1.59. The van der Waals surface area contributed by atoms with Gasteiger partial charge in [-0.05, 0) is 19.1 Å². The molecule has 0 fully saturated rings. The third-order valence-corrected chi connectivity index (χ3v) is 3.51. The minimum atomic E-state index is -2.43. The van der Waals surface area contributed by atoms with Gasteiger partial charge in [0.2, 0.25) is 0 Å². The van der Waals surface area contributed by atoms with Crippen LogP contribution in [0.15, 0.2) is 29.2 Å². The molecule has 0 unspecified atom stereocenters. The second-order valence-electron chi connectivity index (χ2n) is 3.95. The molecule has 102 valence electrons. The van der Waals surface area contributed by atoms with E-state index >= 15 is 0 Å². The molecule has 0 bridgehead atoms. The van der Waals surface area contributed by atoms with Crippen LogP contribution in [0.2, 0.25) is 0 Å². The standard InChI is InChI=1S/C12H14F2N4S/c1-8-16-17-11(18(8)2)7-15-9-5-3-4-6-10(9)19-12(13)14/h3-6,12,15H,7H2,1-2H3. The zero-order valence-electron chi connectivity index (χ0n) is 10.6. The van der Waals surface area contributed by atoms with Crippen molar-refractivity contribution >= 4 is 17.4 Å². The highest BCUT2D eigenvalue weighted by molar-refractivity contribution is 7.99. The molecule has 0 spiro atoms. The van der Waals surface area contributed by atoms with Crippen LogP contribution in [-0.2, 0) is 13.6 Å². The summed E-state index contributed by atoms with van der Waals surface area (Å²) >= 11 is 0.531. The van der Waals surface area contributed by atoms with Gasteiger partial charge < -0.3 is 9.88 Å². The molecule has 0 saturated carbocycles. The van der Waals surface area contributed by atoms with Crippen LogP contribution in [0.5, 0.6) is 0 Å². The van der Waals surface area contributed by atoms with Crippen molar-refractivity contribution in [2.45, 2.75) is 24.1 Å². The highest BCUT2D eigenvalue weighted by atomic mass is 32.2. The molecule has 0 aliphatic rings. The molecule has 2 rings (SSSR count). The van der Waals surface area contributed by atoms with E-state index in [1.54, 1.807) is 24.3 Å². The lowest BCUT2D eigenvalue weighted by Crippen LogP contribution is -2.07. The second kappa shape index (κ2) is 6.01. The minimum absolute atomic E-state index is 0.443. The monoisotopic (exact) mass is 284 g/mol. The normalized spacial score (nSPS) is 11.0. The van der Waals surface area contributed by atoms with Gasteiger partial charge in [0.15, 0.2) is 5.82 Å². The number of rotatable bonds is 5. The zero-order valence-corrected chi connectivity index (χ0v) is 11.4. The van der Waals surface area contributed by atoms with E-state index in [0.29, 0.717) is 28.9 Å². The summed E-state index contributed by atoms with van der Waals surface area (Å²) in [7, 11) is 1.87. The predicted molar refractivity (Wildman–Crippen MR) is 71.4 cm³/mol. The maximum Gasteiger partial charge on any atom is 0.288 e. The van der Waals surface area contributed by atoms with Gasteiger partial charge in [-0.2, -0.15) is 8.78 Å². The van der Waals surface area contributed by atoms with E-state index < -0.39 is 5.76 Å². The Balaban J connectivity index is 2.09. The summed E-state index contributed by atoms with van der Waals surface area (Å²) in [6.07, 6.45) is 0. The highest BCUT2D eigenvalue weighted by Crippen LogP contribution is 2.31. The number of anilines is 1. The average Bonchev–Trinajstić information content (AvgIpc) is 2.68. The summed E-state index contributed by atoms with van der Waals surface area (Å²) < 4.78 is 26.7. The molecule has 1 heterocycles. The number of nitrogens with zero attached hydrogens (tertiary/aromatic N) is 3. The van der Waals surface area contributed by atoms with Gasteiger partial charge in [0, 0.05) is 17.6 Å². The SMILES string of the molecule is Cc1nnc(CNc2ccccc2SC(F)F)n1C. The van der Waals surface area contributed by atoms with E-state index in [1.807, 2.05) is 18.5 Å². The third kappa shape index (κ3) is 3.44. The average molecular weight is 284 g/mol. The number of halogens is 2. The van der Waals surface area contributed by atoms with Gasteiger partial charge in [-0.1, -0.05) is 23.9 Å². The van der Waals surface area contributed by atoms with Crippen LogP contribution in [0.1, 0.15) is 11.6 Å². The minimum Gasteiger partial charge on any atom is -0.377 e. The number of hydrogen-bond donors (Lipinski definition) is 1. The number of aryl methyl sites for hydroxylation is 1. The van der Waals surface area contributed by atoms with Crippen LogP contribution >= 0.6 is 11.8 Å². The summed E-state index contributed by atoms with van der Waals surface area (Å²) in [5.41, 5.74) is 0.674. The summed E-state index contributed by atoms with van der Waals surface area (Å²) in [5.74, 6) is -0.860. The van der Waals surface area contributed by atoms with Crippen molar-refractivity contribution < 1.29 is 8.78 Å². The molecular formula is C12H14F2N4S. The molecule has 19 heavy (non-hydrogen) atoms. The van der Waals surface area contributed by atoms with E-state index in [-0.39, 0.29) is 0 Å². The van der Waals surface area contributed by atoms with Crippen LogP contribution in [0.3, 0.4) is 0 Å². The Labute approximate surface area is 114 Å². The highest BCUT2D eigenvalue weighted by Gasteiger charge is 2.10. The lowest BCUT2D eigenvalue weighted by atomic mass is 10.3. The molecule has 0 amide bonds. The van der Waals surface area contributed by atoms with E-state index in [0.717, 1.165) is 11.6 Å². The Morgan fingerprint density at radius 2 is 2.05 bits per heavy atom. The smallest absolute Gasteiger partial charge is 0.288 e. The quantitative estimate of drug-likeness (QED) is 0.857. The number of nitrogens with one attached hydrogen (secondary N) is 1. The summed E-state index contributed by atoms with van der Waals surface area (Å²) in [5, 5.41) is 11.1. The van der Waals surface area contributed by atoms with Crippen molar-refractivity contribution in [1.29, 1.82) is 0 Å². The predicted octanol–water partition coefficient (Wildman–Crippen LogP) is 3.05. The van der Waals surface area contributed by atoms with Crippen LogP contribution in [0.4, 0.5) is 14.5 Å². The fraction of sp³-hybridized carbons (Fsp3) is 0.333. The van der Waals surface area contributed by atoms with Gasteiger partial charge in [-0.25, -0.2) is 0 Å². The van der Waals surface area contributed by atoms with Crippen molar-refractivity contribution in [3.63, 3.8) is 0 Å². The molecule has 0 atom stereocenters. The third-order valence-electron chi connectivity index (χ3n) is 2.72. The molecule has 7 heteroatoms. The lowest BCUT2D eigenvalue weighted by Gasteiger charge is -2.10. The Kier molecular flexibility index (Phi) is 4.36. The van der Waals surface area contributed by atoms with Gasteiger partial charge in [0.25, 0.3) is 5.76 Å². The summed E-state index contributed by atoms with van der Waals surface area (Å²) in [6.45, 7) is 2.30. The van der Waals surface area contributed by atoms with E-state index in [1.165, 1.54) is 0 Å². The number of para-hydroxylation sites is 1. The van der Waals surface area contributed by atoms with Crippen LogP contribution in [0, 0.1) is 6.92 Å². The molecule has 1 aromatic heterocycles. The van der Waals surface area contributed by atoms with Crippen molar-refractivity contribution in [2.24, 2.45) is 7.05 Å². The topological polar surface area (TPSA) is 42.7 Å². The summed E-state index contributed by atoms with van der Waals surface area (Å²) in [6, 6.07) is 6.98. The maximum absolute atomic E-state index is 12.4. The van der Waals surface area contributed by atoms with Crippen molar-refractivity contribution in [1.82, 2.24) is 14.8 Å². The molecule has 0 radical (unpaired) electrons. The summed E-state index contributed by atoms with van der Waals surface area (Å²) in [4.78, 5) is 0.524. The largest absolute Gasteiger partial charge is 0.377 e. The molecule has 0 saturated heterocycles. The van der Waals surface area contributed by atoms with E-state index in [9.17, 15) is 8.78 Å². The first-order valence-corrected chi connectivity index (χ1v) is 6.58. The second-order valence-corrected chi connectivity index (χ2v) is 4.98. The van der Waals surface area contributed by atoms with Crippen molar-refractivity contribution in [3.8, 4) is 0 Å². The Bertz CT molecular complexity index is 556. The Morgan fingerprint density at radius 1 is 1.32 bits per heavy atom. The van der Waals surface area contributed by atoms with Gasteiger partial charge in [0.1, 0.15) is 5.82 Å². The number of aromatic nitrogens is 3. The number of alkyl halides is 2. The van der Waals surface area contributed by atoms with Gasteiger partial charge in [-0.3, -0.25) is 0 Å². The fourth-order valence-corrected chi connectivity index (χ4v) is 2.21. The van der Waals surface area contributed by atoms with Crippen molar-refractivity contribution in [2.75, 3.05) is 5.32 Å². The number of hydrogen-bond acceptors (Lipinski definition) is 4. The molecule has 4 nitrogen and oxygen atoms in total.